The van der Waals surface area contributed by atoms with Crippen molar-refractivity contribution in [3.63, 3.8) is 0 Å². The van der Waals surface area contributed by atoms with Crippen LogP contribution in [-0.4, -0.2) is 80.9 Å². The number of benzene rings is 1. The second-order valence-electron chi connectivity index (χ2n) is 10.6. The highest BCUT2D eigenvalue weighted by atomic mass is 35.5. The lowest BCUT2D eigenvalue weighted by atomic mass is 9.65. The van der Waals surface area contributed by atoms with Gasteiger partial charge in [-0.1, -0.05) is 37.6 Å². The van der Waals surface area contributed by atoms with Gasteiger partial charge in [-0.15, -0.1) is 24.9 Å². The molecule has 3 unspecified atom stereocenters. The number of carbonyl (C=O) groups is 3. The lowest BCUT2D eigenvalue weighted by Gasteiger charge is -2.41. The van der Waals surface area contributed by atoms with Gasteiger partial charge in [0.25, 0.3) is 5.91 Å². The molecule has 3 aliphatic heterocycles. The van der Waals surface area contributed by atoms with Crippen LogP contribution in [0.25, 0.3) is 0 Å². The Kier molecular flexibility index (Phi) is 8.65. The maximum absolute atomic E-state index is 14.5. The third-order valence-electron chi connectivity index (χ3n) is 8.31. The molecule has 4 rings (SSSR count). The van der Waals surface area contributed by atoms with Crippen molar-refractivity contribution in [3.8, 4) is 0 Å². The van der Waals surface area contributed by atoms with E-state index in [4.69, 9.17) is 11.6 Å². The number of thioether (sulfide) groups is 1. The summed E-state index contributed by atoms with van der Waals surface area (Å²) in [5.41, 5.74) is 0.654. The number of hydrogen-bond donors (Lipinski definition) is 1. The predicted octanol–water partition coefficient (Wildman–Crippen LogP) is 4.00. The van der Waals surface area contributed by atoms with Gasteiger partial charge in [0, 0.05) is 35.6 Å². The number of anilines is 1. The molecular formula is C29H38ClN3O4S. The van der Waals surface area contributed by atoms with Gasteiger partial charge in [-0.05, 0) is 49.9 Å². The van der Waals surface area contributed by atoms with Crippen LogP contribution in [0.2, 0.25) is 5.02 Å². The lowest BCUT2D eigenvalue weighted by molar-refractivity contribution is -0.145. The van der Waals surface area contributed by atoms with E-state index in [0.717, 1.165) is 12.8 Å². The summed E-state index contributed by atoms with van der Waals surface area (Å²) in [5.74, 6) is -1.58. The molecule has 9 heteroatoms. The number of fused-ring (bicyclic) bond motifs is 1. The Morgan fingerprint density at radius 2 is 1.89 bits per heavy atom. The minimum Gasteiger partial charge on any atom is -0.394 e. The molecule has 3 heterocycles. The standard InChI is InChI=1S/C29H38ClN3O4S/c1-6-13-31(14-7-2)26(35)23-22-16-18(4)29(38-22)24(23)27(36)33(19(5)17-34)25(29)28(37)32(15-8-3)21-11-9-20(30)10-12-21/h6,8-12,18-19,22-25,34H,1,3,7,13-17H2,2,4-5H3/t18?,19-,22+,23-,24+,25?,29?/m1/s1. The van der Waals surface area contributed by atoms with Crippen molar-refractivity contribution in [1.82, 2.24) is 9.80 Å². The molecule has 3 amide bonds. The maximum Gasteiger partial charge on any atom is 0.251 e. The minimum atomic E-state index is -0.820. The van der Waals surface area contributed by atoms with Crippen LogP contribution >= 0.6 is 23.4 Å². The maximum atomic E-state index is 14.5. The Labute approximate surface area is 234 Å². The Bertz CT molecular complexity index is 1100. The van der Waals surface area contributed by atoms with E-state index in [1.165, 1.54) is 0 Å². The number of carbonyl (C=O) groups excluding carboxylic acids is 3. The monoisotopic (exact) mass is 559 g/mol. The highest BCUT2D eigenvalue weighted by molar-refractivity contribution is 8.02. The Morgan fingerprint density at radius 3 is 2.47 bits per heavy atom. The molecule has 0 aliphatic carbocycles. The van der Waals surface area contributed by atoms with Gasteiger partial charge in [-0.3, -0.25) is 14.4 Å². The molecule has 206 valence electrons. The summed E-state index contributed by atoms with van der Waals surface area (Å²) in [6, 6.07) is 5.62. The van der Waals surface area contributed by atoms with Crippen molar-refractivity contribution in [1.29, 1.82) is 0 Å². The van der Waals surface area contributed by atoms with Crippen molar-refractivity contribution >= 4 is 46.8 Å². The molecule has 0 radical (unpaired) electrons. The zero-order valence-corrected chi connectivity index (χ0v) is 24.0. The average molecular weight is 560 g/mol. The second kappa shape index (κ2) is 11.4. The van der Waals surface area contributed by atoms with Gasteiger partial charge in [0.1, 0.15) is 6.04 Å². The van der Waals surface area contributed by atoms with Crippen LogP contribution in [0.5, 0.6) is 0 Å². The third-order valence-corrected chi connectivity index (χ3v) is 10.6. The van der Waals surface area contributed by atoms with E-state index in [0.29, 0.717) is 23.8 Å². The molecule has 2 bridgehead atoms. The van der Waals surface area contributed by atoms with Crippen molar-refractivity contribution in [2.24, 2.45) is 17.8 Å². The molecule has 0 saturated carbocycles. The number of likely N-dealkylation sites (tertiary alicyclic amines) is 1. The van der Waals surface area contributed by atoms with Crippen LogP contribution in [0.4, 0.5) is 5.69 Å². The fourth-order valence-electron chi connectivity index (χ4n) is 6.73. The zero-order valence-electron chi connectivity index (χ0n) is 22.4. The van der Waals surface area contributed by atoms with Gasteiger partial charge >= 0.3 is 0 Å². The smallest absolute Gasteiger partial charge is 0.251 e. The van der Waals surface area contributed by atoms with Crippen molar-refractivity contribution in [3.05, 3.63) is 54.6 Å². The van der Waals surface area contributed by atoms with Gasteiger partial charge in [-0.2, -0.15) is 0 Å². The van der Waals surface area contributed by atoms with E-state index < -0.39 is 28.7 Å². The fraction of sp³-hybridized carbons (Fsp3) is 0.552. The van der Waals surface area contributed by atoms with Crippen LogP contribution in [0.1, 0.15) is 33.6 Å². The summed E-state index contributed by atoms with van der Waals surface area (Å²) in [7, 11) is 0. The van der Waals surface area contributed by atoms with Gasteiger partial charge in [-0.25, -0.2) is 0 Å². The first kappa shape index (κ1) is 28.7. The number of halogens is 1. The van der Waals surface area contributed by atoms with Gasteiger partial charge in [0.05, 0.1) is 29.2 Å². The molecule has 1 spiro atoms. The first-order valence-corrected chi connectivity index (χ1v) is 14.6. The number of nitrogens with zero attached hydrogens (tertiary/aromatic N) is 3. The van der Waals surface area contributed by atoms with Gasteiger partial charge in [0.15, 0.2) is 0 Å². The normalized spacial score (nSPS) is 30.2. The number of rotatable bonds is 11. The van der Waals surface area contributed by atoms with E-state index in [-0.39, 0.29) is 42.0 Å². The van der Waals surface area contributed by atoms with Crippen molar-refractivity contribution in [2.45, 2.75) is 55.7 Å². The first-order chi connectivity index (χ1) is 18.2. The van der Waals surface area contributed by atoms with E-state index >= 15 is 0 Å². The third kappa shape index (κ3) is 4.48. The Balaban J connectivity index is 1.81. The number of amides is 3. The molecule has 3 aliphatic rings. The molecule has 38 heavy (non-hydrogen) atoms. The van der Waals surface area contributed by atoms with Gasteiger partial charge < -0.3 is 19.8 Å². The summed E-state index contributed by atoms with van der Waals surface area (Å²) < 4.78 is -0.763. The molecule has 7 atom stereocenters. The Hall–Kier alpha value is -2.29. The highest BCUT2D eigenvalue weighted by Crippen LogP contribution is 2.69. The van der Waals surface area contributed by atoms with Crippen LogP contribution in [0, 0.1) is 17.8 Å². The van der Waals surface area contributed by atoms with Crippen LogP contribution in [0.15, 0.2) is 49.6 Å². The summed E-state index contributed by atoms with van der Waals surface area (Å²) in [5, 5.41) is 10.7. The van der Waals surface area contributed by atoms with E-state index in [2.05, 4.69) is 20.1 Å². The second-order valence-corrected chi connectivity index (χ2v) is 12.6. The highest BCUT2D eigenvalue weighted by Gasteiger charge is 2.76. The lowest BCUT2D eigenvalue weighted by Crippen LogP contribution is -2.59. The fourth-order valence-corrected chi connectivity index (χ4v) is 9.25. The minimum absolute atomic E-state index is 0.0372. The van der Waals surface area contributed by atoms with E-state index in [1.807, 2.05) is 6.92 Å². The topological polar surface area (TPSA) is 81.2 Å². The number of aliphatic hydroxyl groups is 1. The van der Waals surface area contributed by atoms with E-state index in [9.17, 15) is 19.5 Å². The molecular weight excluding hydrogens is 522 g/mol. The molecule has 1 N–H and O–H groups in total. The largest absolute Gasteiger partial charge is 0.394 e. The van der Waals surface area contributed by atoms with Crippen molar-refractivity contribution in [2.75, 3.05) is 31.1 Å². The molecule has 1 aromatic rings. The summed E-state index contributed by atoms with van der Waals surface area (Å²) in [4.78, 5) is 47.7. The van der Waals surface area contributed by atoms with Crippen molar-refractivity contribution < 1.29 is 19.5 Å². The summed E-state index contributed by atoms with van der Waals surface area (Å²) in [6.45, 7) is 14.5. The molecule has 7 nitrogen and oxygen atoms in total. The summed E-state index contributed by atoms with van der Waals surface area (Å²) in [6.07, 6.45) is 4.93. The van der Waals surface area contributed by atoms with Crippen LogP contribution in [0.3, 0.4) is 0 Å². The van der Waals surface area contributed by atoms with Crippen LogP contribution < -0.4 is 4.90 Å². The zero-order chi connectivity index (χ0) is 27.8. The SMILES string of the molecule is C=CCN(CCC)C(=O)[C@@H]1[C@@H]2CC(C)C3(S2)C(C(=O)N(CC=C)c2ccc(Cl)cc2)N([C@H](C)CO)C(=O)[C@H]13. The molecule has 1 aromatic carbocycles. The quantitative estimate of drug-likeness (QED) is 0.414. The number of aliphatic hydroxyl groups excluding tert-OH is 1. The first-order valence-electron chi connectivity index (χ1n) is 13.4. The van der Waals surface area contributed by atoms with Gasteiger partial charge in [0.2, 0.25) is 11.8 Å². The predicted molar refractivity (Wildman–Crippen MR) is 153 cm³/mol. The Morgan fingerprint density at radius 1 is 1.24 bits per heavy atom. The molecule has 0 aromatic heterocycles. The molecule has 3 fully saturated rings. The molecule has 3 saturated heterocycles. The number of hydrogen-bond acceptors (Lipinski definition) is 5. The summed E-state index contributed by atoms with van der Waals surface area (Å²) >= 11 is 7.75. The average Bonchev–Trinajstić information content (AvgIpc) is 3.50. The van der Waals surface area contributed by atoms with E-state index in [1.54, 1.807) is 69.8 Å². The van der Waals surface area contributed by atoms with Crippen LogP contribution in [-0.2, 0) is 14.4 Å².